The van der Waals surface area contributed by atoms with Crippen molar-refractivity contribution in [3.05, 3.63) is 11.6 Å². The van der Waals surface area contributed by atoms with Gasteiger partial charge in [-0.2, -0.15) is 0 Å². The molecule has 0 radical (unpaired) electrons. The fraction of sp³-hybridized carbons (Fsp3) is 0.692. The molecule has 1 saturated heterocycles. The van der Waals surface area contributed by atoms with Crippen LogP contribution in [0, 0.1) is 5.92 Å². The van der Waals surface area contributed by atoms with Crippen LogP contribution in [0.4, 0.5) is 5.13 Å². The molecule has 0 saturated carbocycles. The monoisotopic (exact) mass is 409 g/mol. The highest BCUT2D eigenvalue weighted by Gasteiger charge is 2.19. The first kappa shape index (κ1) is 17.5. The average molecular weight is 409 g/mol. The van der Waals surface area contributed by atoms with Crippen molar-refractivity contribution in [3.8, 4) is 0 Å². The Morgan fingerprint density at radius 2 is 2.10 bits per heavy atom. The zero-order chi connectivity index (χ0) is 13.7. The minimum absolute atomic E-state index is 0. The van der Waals surface area contributed by atoms with E-state index in [0.717, 1.165) is 44.3 Å². The number of piperazine rings is 1. The number of aromatic nitrogens is 1. The normalized spacial score (nSPS) is 16.4. The standard InChI is InChI=1S/C13H23N5S.HI/c1-11(2)3-4-15-12(14)17-6-8-18(9-7-17)13-16-5-10-19-13;/h5,10-11H,3-4,6-9H2,1-2H3,(H2,14,15);1H. The number of anilines is 1. The Kier molecular flexibility index (Phi) is 7.57. The van der Waals surface area contributed by atoms with Gasteiger partial charge in [0.1, 0.15) is 0 Å². The first-order valence-corrected chi connectivity index (χ1v) is 7.74. The van der Waals surface area contributed by atoms with E-state index in [1.165, 1.54) is 0 Å². The number of hydrogen-bond acceptors (Lipinski definition) is 4. The van der Waals surface area contributed by atoms with E-state index >= 15 is 0 Å². The van der Waals surface area contributed by atoms with Crippen molar-refractivity contribution in [1.29, 1.82) is 0 Å². The smallest absolute Gasteiger partial charge is 0.191 e. The molecule has 0 aliphatic carbocycles. The van der Waals surface area contributed by atoms with E-state index < -0.39 is 0 Å². The Bertz CT molecular complexity index is 399. The van der Waals surface area contributed by atoms with Crippen LogP contribution in [0.5, 0.6) is 0 Å². The summed E-state index contributed by atoms with van der Waals surface area (Å²) in [5.74, 6) is 1.37. The molecule has 2 N–H and O–H groups in total. The molecule has 0 atom stereocenters. The second kappa shape index (κ2) is 8.66. The molecule has 1 aliphatic heterocycles. The van der Waals surface area contributed by atoms with E-state index in [4.69, 9.17) is 5.73 Å². The molecule has 1 aliphatic rings. The lowest BCUT2D eigenvalue weighted by molar-refractivity contribution is 0.380. The third-order valence-corrected chi connectivity index (χ3v) is 4.11. The number of guanidine groups is 1. The van der Waals surface area contributed by atoms with Crippen molar-refractivity contribution in [3.63, 3.8) is 0 Å². The highest BCUT2D eigenvalue weighted by atomic mass is 127. The van der Waals surface area contributed by atoms with Crippen molar-refractivity contribution in [2.24, 2.45) is 16.6 Å². The van der Waals surface area contributed by atoms with Gasteiger partial charge in [-0.05, 0) is 12.3 Å². The summed E-state index contributed by atoms with van der Waals surface area (Å²) in [6, 6.07) is 0. The van der Waals surface area contributed by atoms with Crippen LogP contribution in [0.25, 0.3) is 0 Å². The molecule has 114 valence electrons. The minimum atomic E-state index is 0. The molecule has 5 nitrogen and oxygen atoms in total. The van der Waals surface area contributed by atoms with Crippen LogP contribution < -0.4 is 10.6 Å². The van der Waals surface area contributed by atoms with Gasteiger partial charge in [-0.1, -0.05) is 13.8 Å². The van der Waals surface area contributed by atoms with Crippen LogP contribution in [0.15, 0.2) is 16.6 Å². The SMILES string of the molecule is CC(C)CCN=C(N)N1CCN(c2nccs2)CC1.I. The number of nitrogens with two attached hydrogens (primary N) is 1. The Labute approximate surface area is 142 Å². The predicted molar refractivity (Wildman–Crippen MR) is 97.3 cm³/mol. The molecule has 0 aromatic carbocycles. The van der Waals surface area contributed by atoms with E-state index in [1.807, 2.05) is 11.6 Å². The maximum Gasteiger partial charge on any atom is 0.191 e. The molecule has 1 fully saturated rings. The molecule has 0 unspecified atom stereocenters. The van der Waals surface area contributed by atoms with E-state index in [-0.39, 0.29) is 24.0 Å². The first-order chi connectivity index (χ1) is 9.16. The Morgan fingerprint density at radius 1 is 1.40 bits per heavy atom. The molecule has 0 spiro atoms. The summed E-state index contributed by atoms with van der Waals surface area (Å²) < 4.78 is 0. The van der Waals surface area contributed by atoms with Crippen molar-refractivity contribution in [2.45, 2.75) is 20.3 Å². The van der Waals surface area contributed by atoms with Crippen LogP contribution in [0.3, 0.4) is 0 Å². The van der Waals surface area contributed by atoms with E-state index in [0.29, 0.717) is 11.9 Å². The van der Waals surface area contributed by atoms with Crippen LogP contribution in [0.1, 0.15) is 20.3 Å². The lowest BCUT2D eigenvalue weighted by Crippen LogP contribution is -2.51. The van der Waals surface area contributed by atoms with Gasteiger partial charge in [0.25, 0.3) is 0 Å². The number of rotatable bonds is 4. The van der Waals surface area contributed by atoms with Gasteiger partial charge >= 0.3 is 0 Å². The van der Waals surface area contributed by atoms with Crippen molar-refractivity contribution in [1.82, 2.24) is 9.88 Å². The van der Waals surface area contributed by atoms with E-state index in [2.05, 4.69) is 33.6 Å². The summed E-state index contributed by atoms with van der Waals surface area (Å²) in [6.45, 7) is 9.03. The fourth-order valence-electron chi connectivity index (χ4n) is 2.04. The maximum absolute atomic E-state index is 6.04. The van der Waals surface area contributed by atoms with Crippen LogP contribution in [0.2, 0.25) is 0 Å². The van der Waals surface area contributed by atoms with Gasteiger partial charge in [-0.3, -0.25) is 4.99 Å². The summed E-state index contributed by atoms with van der Waals surface area (Å²) in [6.07, 6.45) is 2.95. The second-order valence-corrected chi connectivity index (χ2v) is 6.08. The number of nitrogens with zero attached hydrogens (tertiary/aromatic N) is 4. The number of aliphatic imine (C=N–C) groups is 1. The van der Waals surface area contributed by atoms with Crippen LogP contribution in [-0.4, -0.2) is 48.6 Å². The predicted octanol–water partition coefficient (Wildman–Crippen LogP) is 2.24. The highest BCUT2D eigenvalue weighted by Crippen LogP contribution is 2.18. The van der Waals surface area contributed by atoms with Crippen molar-refractivity contribution in [2.75, 3.05) is 37.6 Å². The van der Waals surface area contributed by atoms with Gasteiger partial charge < -0.3 is 15.5 Å². The fourth-order valence-corrected chi connectivity index (χ4v) is 2.73. The zero-order valence-corrected chi connectivity index (χ0v) is 15.3. The van der Waals surface area contributed by atoms with E-state index in [9.17, 15) is 0 Å². The minimum Gasteiger partial charge on any atom is -0.370 e. The zero-order valence-electron chi connectivity index (χ0n) is 12.2. The maximum atomic E-state index is 6.04. The first-order valence-electron chi connectivity index (χ1n) is 6.86. The summed E-state index contributed by atoms with van der Waals surface area (Å²) in [5.41, 5.74) is 6.04. The summed E-state index contributed by atoms with van der Waals surface area (Å²) in [5, 5.41) is 3.12. The van der Waals surface area contributed by atoms with Gasteiger partial charge in [-0.15, -0.1) is 35.3 Å². The third kappa shape index (κ3) is 5.08. The molecule has 0 amide bonds. The van der Waals surface area contributed by atoms with Crippen molar-refractivity contribution < 1.29 is 0 Å². The third-order valence-electron chi connectivity index (χ3n) is 3.27. The topological polar surface area (TPSA) is 57.8 Å². The molecule has 7 heteroatoms. The van der Waals surface area contributed by atoms with Gasteiger partial charge in [0.15, 0.2) is 11.1 Å². The summed E-state index contributed by atoms with van der Waals surface area (Å²) >= 11 is 1.69. The van der Waals surface area contributed by atoms with Crippen LogP contribution in [-0.2, 0) is 0 Å². The second-order valence-electron chi connectivity index (χ2n) is 5.21. The van der Waals surface area contributed by atoms with E-state index in [1.54, 1.807) is 11.3 Å². The van der Waals surface area contributed by atoms with Gasteiger partial charge in [0, 0.05) is 44.3 Å². The lowest BCUT2D eigenvalue weighted by atomic mass is 10.1. The molecule has 2 heterocycles. The average Bonchev–Trinajstić information content (AvgIpc) is 2.92. The molecular weight excluding hydrogens is 385 g/mol. The van der Waals surface area contributed by atoms with Gasteiger partial charge in [0.05, 0.1) is 0 Å². The largest absolute Gasteiger partial charge is 0.370 e. The van der Waals surface area contributed by atoms with Crippen LogP contribution >= 0.6 is 35.3 Å². The molecule has 1 aromatic rings. The molecule has 2 rings (SSSR count). The van der Waals surface area contributed by atoms with Gasteiger partial charge in [0.2, 0.25) is 0 Å². The molecule has 0 bridgehead atoms. The number of thiazole rings is 1. The molecular formula is C13H24IN5S. The molecule has 20 heavy (non-hydrogen) atoms. The number of hydrogen-bond donors (Lipinski definition) is 1. The number of halogens is 1. The quantitative estimate of drug-likeness (QED) is 0.471. The summed E-state index contributed by atoms with van der Waals surface area (Å²) in [4.78, 5) is 13.3. The Morgan fingerprint density at radius 3 is 2.65 bits per heavy atom. The molecule has 1 aromatic heterocycles. The van der Waals surface area contributed by atoms with Gasteiger partial charge in [-0.25, -0.2) is 4.98 Å². The summed E-state index contributed by atoms with van der Waals surface area (Å²) in [7, 11) is 0. The van der Waals surface area contributed by atoms with Crippen molar-refractivity contribution >= 4 is 46.4 Å². The highest BCUT2D eigenvalue weighted by molar-refractivity contribution is 14.0. The Balaban J connectivity index is 0.00000200. The lowest BCUT2D eigenvalue weighted by Gasteiger charge is -2.35. The Hall–Kier alpha value is -0.570.